The fourth-order valence-corrected chi connectivity index (χ4v) is 4.97. The van der Waals surface area contributed by atoms with E-state index in [1.54, 1.807) is 0 Å². The van der Waals surface area contributed by atoms with Gasteiger partial charge in [-0.3, -0.25) is 4.79 Å². The number of hydrogen-bond donors (Lipinski definition) is 0. The van der Waals surface area contributed by atoms with Gasteiger partial charge in [-0.25, -0.2) is 22.0 Å². The number of nitrogens with zero attached hydrogens (tertiary/aromatic N) is 3. The minimum absolute atomic E-state index is 0.0386. The second kappa shape index (κ2) is 10.6. The first-order valence-corrected chi connectivity index (χ1v) is 12.8. The summed E-state index contributed by atoms with van der Waals surface area (Å²) >= 11 is 0. The minimum atomic E-state index is -2.32. The molecule has 42 heavy (non-hydrogen) atoms. The number of carbonyl (C=O) groups is 1. The van der Waals surface area contributed by atoms with Gasteiger partial charge in [-0.05, 0) is 42.3 Å². The molecule has 1 amide bonds. The molecule has 0 saturated heterocycles. The fourth-order valence-electron chi connectivity index (χ4n) is 4.97. The van der Waals surface area contributed by atoms with Gasteiger partial charge >= 0.3 is 0 Å². The van der Waals surface area contributed by atoms with Gasteiger partial charge in [-0.1, -0.05) is 78.9 Å². The van der Waals surface area contributed by atoms with Crippen molar-refractivity contribution >= 4 is 23.4 Å². The van der Waals surface area contributed by atoms with Crippen molar-refractivity contribution in [3.05, 3.63) is 137 Å². The zero-order valence-corrected chi connectivity index (χ0v) is 22.0. The summed E-state index contributed by atoms with van der Waals surface area (Å²) in [5.41, 5.74) is 3.15. The van der Waals surface area contributed by atoms with Crippen LogP contribution in [0.2, 0.25) is 0 Å². The van der Waals surface area contributed by atoms with Gasteiger partial charge in [0.25, 0.3) is 5.91 Å². The van der Waals surface area contributed by atoms with Crippen LogP contribution >= 0.6 is 0 Å². The molecular weight excluding hydrogens is 549 g/mol. The molecule has 0 saturated carbocycles. The van der Waals surface area contributed by atoms with Crippen LogP contribution < -0.4 is 5.01 Å². The molecule has 2 heterocycles. The van der Waals surface area contributed by atoms with Crippen LogP contribution in [0.4, 0.5) is 27.6 Å². The number of hydrazone groups is 1. The third-order valence-electron chi connectivity index (χ3n) is 6.92. The molecule has 1 aliphatic heterocycles. The average molecular weight is 570 g/mol. The highest BCUT2D eigenvalue weighted by Gasteiger charge is 2.37. The molecule has 0 atom stereocenters. The molecule has 0 bridgehead atoms. The Balaban J connectivity index is 1.58. The number of para-hydroxylation sites is 1. The number of benzene rings is 4. The lowest BCUT2D eigenvalue weighted by molar-refractivity contribution is -0.114. The van der Waals surface area contributed by atoms with Crippen LogP contribution in [0.5, 0.6) is 0 Å². The highest BCUT2D eigenvalue weighted by molar-refractivity contribution is 6.32. The van der Waals surface area contributed by atoms with E-state index in [0.29, 0.717) is 11.3 Å². The Hall–Kier alpha value is -5.31. The predicted molar refractivity (Wildman–Crippen MR) is 151 cm³/mol. The lowest BCUT2D eigenvalue weighted by atomic mass is 10.0. The van der Waals surface area contributed by atoms with Crippen molar-refractivity contribution in [1.29, 1.82) is 0 Å². The summed E-state index contributed by atoms with van der Waals surface area (Å²) in [6.07, 6.45) is 1.52. The summed E-state index contributed by atoms with van der Waals surface area (Å²) in [5.74, 6) is -12.0. The first-order valence-electron chi connectivity index (χ1n) is 12.8. The molecule has 5 aromatic rings. The number of carbonyl (C=O) groups excluding carboxylic acids is 1. The van der Waals surface area contributed by atoms with Gasteiger partial charge in [0.15, 0.2) is 23.3 Å². The SMILES string of the molecule is CC1=NN(c2c(F)c(F)c(F)c(F)c2F)C(=O)/C1=C\c1cc(-c2ccccc2)n(-c2ccccc2)c1-c1ccccc1. The summed E-state index contributed by atoms with van der Waals surface area (Å²) in [4.78, 5) is 13.5. The van der Waals surface area contributed by atoms with E-state index < -0.39 is 40.7 Å². The number of aromatic nitrogens is 1. The summed E-state index contributed by atoms with van der Waals surface area (Å²) in [6.45, 7) is 1.42. The van der Waals surface area contributed by atoms with E-state index in [2.05, 4.69) is 5.10 Å². The molecule has 0 radical (unpaired) electrons. The van der Waals surface area contributed by atoms with Crippen molar-refractivity contribution < 1.29 is 26.7 Å². The number of halogens is 5. The normalized spacial score (nSPS) is 14.1. The van der Waals surface area contributed by atoms with Crippen molar-refractivity contribution in [2.45, 2.75) is 6.92 Å². The van der Waals surface area contributed by atoms with Gasteiger partial charge in [0.2, 0.25) is 5.82 Å². The predicted octanol–water partition coefficient (Wildman–Crippen LogP) is 8.31. The summed E-state index contributed by atoms with van der Waals surface area (Å²) in [5, 5.41) is 4.10. The Bertz CT molecular complexity index is 1870. The van der Waals surface area contributed by atoms with Crippen LogP contribution in [0.15, 0.2) is 108 Å². The summed E-state index contributed by atoms with van der Waals surface area (Å²) in [7, 11) is 0. The Morgan fingerprint density at radius 2 is 1.17 bits per heavy atom. The maximum Gasteiger partial charge on any atom is 0.280 e. The quantitative estimate of drug-likeness (QED) is 0.0908. The van der Waals surface area contributed by atoms with Gasteiger partial charge in [-0.2, -0.15) is 10.1 Å². The van der Waals surface area contributed by atoms with E-state index >= 15 is 0 Å². The van der Waals surface area contributed by atoms with E-state index in [1.165, 1.54) is 13.0 Å². The Kier molecular flexibility index (Phi) is 6.78. The van der Waals surface area contributed by atoms with Crippen LogP contribution in [0.25, 0.3) is 34.3 Å². The number of rotatable bonds is 5. The maximum atomic E-state index is 14.6. The molecule has 208 valence electrons. The molecule has 0 spiro atoms. The largest absolute Gasteiger partial charge is 0.309 e. The van der Waals surface area contributed by atoms with Crippen LogP contribution in [-0.4, -0.2) is 16.2 Å². The molecule has 4 aromatic carbocycles. The third-order valence-corrected chi connectivity index (χ3v) is 6.92. The zero-order valence-electron chi connectivity index (χ0n) is 22.0. The number of amides is 1. The minimum Gasteiger partial charge on any atom is -0.309 e. The van der Waals surface area contributed by atoms with Crippen LogP contribution in [-0.2, 0) is 4.79 Å². The lowest BCUT2D eigenvalue weighted by Gasteiger charge is -2.15. The molecule has 0 N–H and O–H groups in total. The van der Waals surface area contributed by atoms with Crippen molar-refractivity contribution in [3.63, 3.8) is 0 Å². The van der Waals surface area contributed by atoms with E-state index in [-0.39, 0.29) is 16.3 Å². The van der Waals surface area contributed by atoms with E-state index in [1.807, 2.05) is 102 Å². The van der Waals surface area contributed by atoms with Crippen molar-refractivity contribution in [2.24, 2.45) is 5.10 Å². The molecule has 1 aliphatic rings. The van der Waals surface area contributed by atoms with E-state index in [0.717, 1.165) is 22.5 Å². The van der Waals surface area contributed by atoms with Gasteiger partial charge in [0, 0.05) is 11.3 Å². The van der Waals surface area contributed by atoms with Crippen LogP contribution in [0.3, 0.4) is 0 Å². The smallest absolute Gasteiger partial charge is 0.280 e. The molecule has 9 heteroatoms. The first-order chi connectivity index (χ1) is 20.3. The van der Waals surface area contributed by atoms with Crippen LogP contribution in [0.1, 0.15) is 12.5 Å². The number of hydrogen-bond acceptors (Lipinski definition) is 2. The Morgan fingerprint density at radius 3 is 1.74 bits per heavy atom. The highest BCUT2D eigenvalue weighted by Crippen LogP contribution is 2.39. The van der Waals surface area contributed by atoms with Crippen molar-refractivity contribution in [3.8, 4) is 28.2 Å². The van der Waals surface area contributed by atoms with Crippen molar-refractivity contribution in [2.75, 3.05) is 5.01 Å². The van der Waals surface area contributed by atoms with Gasteiger partial charge in [-0.15, -0.1) is 0 Å². The Labute approximate surface area is 237 Å². The van der Waals surface area contributed by atoms with Crippen molar-refractivity contribution in [1.82, 2.24) is 4.57 Å². The molecular formula is C33H20F5N3O. The molecule has 0 fully saturated rings. The Morgan fingerprint density at radius 1 is 0.667 bits per heavy atom. The topological polar surface area (TPSA) is 37.6 Å². The summed E-state index contributed by atoms with van der Waals surface area (Å²) in [6, 6.07) is 30.4. The molecule has 6 rings (SSSR count). The lowest BCUT2D eigenvalue weighted by Crippen LogP contribution is -2.25. The first kappa shape index (κ1) is 26.9. The monoisotopic (exact) mass is 569 g/mol. The second-order valence-electron chi connectivity index (χ2n) is 9.52. The van der Waals surface area contributed by atoms with Gasteiger partial charge in [0.1, 0.15) is 5.69 Å². The zero-order chi connectivity index (χ0) is 29.5. The molecule has 0 unspecified atom stereocenters. The second-order valence-corrected chi connectivity index (χ2v) is 9.52. The maximum absolute atomic E-state index is 14.6. The molecule has 0 aliphatic carbocycles. The average Bonchev–Trinajstić information content (AvgIpc) is 3.53. The third kappa shape index (κ3) is 4.39. The van der Waals surface area contributed by atoms with Gasteiger partial charge in [0.05, 0.1) is 22.7 Å². The number of anilines is 1. The standard InChI is InChI=1S/C33H20F5N3O/c1-19-24(33(42)41(39-19)32-29(37)27(35)26(34)28(36)30(32)38)17-22-18-25(20-11-5-2-6-12-20)40(23-15-9-4-10-16-23)31(22)21-13-7-3-8-14-21/h2-18H,1H3/b24-17-. The van der Waals surface area contributed by atoms with E-state index in [9.17, 15) is 26.7 Å². The van der Waals surface area contributed by atoms with Crippen LogP contribution in [0, 0.1) is 29.1 Å². The molecule has 4 nitrogen and oxygen atoms in total. The molecule has 1 aromatic heterocycles. The summed E-state index contributed by atoms with van der Waals surface area (Å²) < 4.78 is 72.9. The fraction of sp³-hybridized carbons (Fsp3) is 0.0303. The van der Waals surface area contributed by atoms with E-state index in [4.69, 9.17) is 0 Å². The van der Waals surface area contributed by atoms with Gasteiger partial charge < -0.3 is 4.57 Å². The highest BCUT2D eigenvalue weighted by atomic mass is 19.2.